The highest BCUT2D eigenvalue weighted by atomic mass is 35.5. The van der Waals surface area contributed by atoms with Gasteiger partial charge in [-0.2, -0.15) is 0 Å². The Morgan fingerprint density at radius 2 is 2.23 bits per heavy atom. The van der Waals surface area contributed by atoms with Gasteiger partial charge in [0.2, 0.25) is 0 Å². The van der Waals surface area contributed by atoms with E-state index in [1.807, 2.05) is 0 Å². The number of benzene rings is 1. The Labute approximate surface area is 78.9 Å². The number of nitrogens with two attached hydrogens (primary N) is 1. The van der Waals surface area contributed by atoms with Crippen LogP contribution in [0.3, 0.4) is 0 Å². The largest absolute Gasteiger partial charge is 0.506 e. The number of alkyl halides is 1. The van der Waals surface area contributed by atoms with Crippen molar-refractivity contribution in [1.29, 1.82) is 0 Å². The van der Waals surface area contributed by atoms with Crippen LogP contribution in [0, 0.1) is 5.82 Å². The molecule has 0 aliphatic heterocycles. The van der Waals surface area contributed by atoms with E-state index in [-0.39, 0.29) is 22.9 Å². The highest BCUT2D eigenvalue weighted by molar-refractivity contribution is 6.30. The fourth-order valence-electron chi connectivity index (χ4n) is 0.863. The van der Waals surface area contributed by atoms with Crippen molar-refractivity contribution < 1.29 is 14.3 Å². The SMILES string of the molecule is Nc1cc(F)c(C(=O)CCl)cc1O. The Hall–Kier alpha value is -1.29. The summed E-state index contributed by atoms with van der Waals surface area (Å²) in [6.07, 6.45) is 0. The lowest BCUT2D eigenvalue weighted by atomic mass is 10.1. The lowest BCUT2D eigenvalue weighted by Gasteiger charge is -2.03. The van der Waals surface area contributed by atoms with Crippen LogP contribution in [0.25, 0.3) is 0 Å². The van der Waals surface area contributed by atoms with Crippen LogP contribution >= 0.6 is 11.6 Å². The molecule has 13 heavy (non-hydrogen) atoms. The van der Waals surface area contributed by atoms with Crippen molar-refractivity contribution >= 4 is 23.1 Å². The molecule has 0 atom stereocenters. The third-order valence-corrected chi connectivity index (χ3v) is 1.78. The molecule has 0 aromatic heterocycles. The van der Waals surface area contributed by atoms with E-state index in [4.69, 9.17) is 22.4 Å². The molecule has 0 heterocycles. The summed E-state index contributed by atoms with van der Waals surface area (Å²) in [6, 6.07) is 1.85. The second kappa shape index (κ2) is 3.62. The summed E-state index contributed by atoms with van der Waals surface area (Å²) >= 11 is 5.22. The van der Waals surface area contributed by atoms with Gasteiger partial charge in [0.25, 0.3) is 0 Å². The molecular formula is C8H7ClFNO2. The Morgan fingerprint density at radius 3 is 2.77 bits per heavy atom. The summed E-state index contributed by atoms with van der Waals surface area (Å²) < 4.78 is 13.0. The molecule has 3 N–H and O–H groups in total. The van der Waals surface area contributed by atoms with E-state index in [0.717, 1.165) is 12.1 Å². The smallest absolute Gasteiger partial charge is 0.180 e. The van der Waals surface area contributed by atoms with Crippen molar-refractivity contribution in [3.8, 4) is 5.75 Å². The Morgan fingerprint density at radius 1 is 1.62 bits per heavy atom. The minimum Gasteiger partial charge on any atom is -0.506 e. The van der Waals surface area contributed by atoms with Crippen molar-refractivity contribution in [2.45, 2.75) is 0 Å². The average molecular weight is 204 g/mol. The number of hydrogen-bond donors (Lipinski definition) is 2. The molecule has 0 fully saturated rings. The fourth-order valence-corrected chi connectivity index (χ4v) is 1.01. The van der Waals surface area contributed by atoms with Crippen molar-refractivity contribution in [2.24, 2.45) is 0 Å². The molecule has 5 heteroatoms. The molecule has 1 rings (SSSR count). The van der Waals surface area contributed by atoms with E-state index < -0.39 is 11.6 Å². The van der Waals surface area contributed by atoms with Gasteiger partial charge < -0.3 is 10.8 Å². The zero-order valence-corrected chi connectivity index (χ0v) is 7.31. The van der Waals surface area contributed by atoms with E-state index in [2.05, 4.69) is 0 Å². The molecule has 0 bridgehead atoms. The summed E-state index contributed by atoms with van der Waals surface area (Å²) in [5.41, 5.74) is 4.84. The van der Waals surface area contributed by atoms with Gasteiger partial charge in [-0.15, -0.1) is 11.6 Å². The van der Waals surface area contributed by atoms with Gasteiger partial charge in [0.05, 0.1) is 17.1 Å². The fraction of sp³-hybridized carbons (Fsp3) is 0.125. The topological polar surface area (TPSA) is 63.3 Å². The third kappa shape index (κ3) is 1.89. The molecular weight excluding hydrogens is 197 g/mol. The predicted octanol–water partition coefficient (Wildman–Crippen LogP) is 1.54. The molecule has 0 saturated carbocycles. The van der Waals surface area contributed by atoms with Crippen LogP contribution in [-0.2, 0) is 0 Å². The van der Waals surface area contributed by atoms with Gasteiger partial charge in [0.1, 0.15) is 11.6 Å². The minimum absolute atomic E-state index is 0.108. The van der Waals surface area contributed by atoms with Crippen LogP contribution < -0.4 is 5.73 Å². The summed E-state index contributed by atoms with van der Waals surface area (Å²) in [6.45, 7) is 0. The number of ketones is 1. The number of hydrogen-bond acceptors (Lipinski definition) is 3. The molecule has 0 amide bonds. The van der Waals surface area contributed by atoms with Crippen LogP contribution in [0.2, 0.25) is 0 Å². The van der Waals surface area contributed by atoms with Gasteiger partial charge in [-0.25, -0.2) is 4.39 Å². The van der Waals surface area contributed by atoms with Crippen LogP contribution in [0.4, 0.5) is 10.1 Å². The molecule has 1 aromatic rings. The van der Waals surface area contributed by atoms with Crippen molar-refractivity contribution in [3.63, 3.8) is 0 Å². The van der Waals surface area contributed by atoms with Crippen molar-refractivity contribution in [2.75, 3.05) is 11.6 Å². The quantitative estimate of drug-likeness (QED) is 0.332. The van der Waals surface area contributed by atoms with Crippen molar-refractivity contribution in [3.05, 3.63) is 23.5 Å². The first-order valence-corrected chi connectivity index (χ1v) is 3.97. The number of aromatic hydroxyl groups is 1. The summed E-state index contributed by atoms with van der Waals surface area (Å²) in [4.78, 5) is 11.0. The first-order chi connectivity index (χ1) is 6.06. The third-order valence-electron chi connectivity index (χ3n) is 1.54. The number of nitrogen functional groups attached to an aromatic ring is 1. The summed E-state index contributed by atoms with van der Waals surface area (Å²) in [7, 11) is 0. The molecule has 70 valence electrons. The first kappa shape index (κ1) is 9.80. The number of anilines is 1. The average Bonchev–Trinajstić information content (AvgIpc) is 2.10. The second-order valence-corrected chi connectivity index (χ2v) is 2.71. The second-order valence-electron chi connectivity index (χ2n) is 2.45. The number of Topliss-reactive ketones (excluding diaryl/α,β-unsaturated/α-hetero) is 1. The minimum atomic E-state index is -0.777. The zero-order chi connectivity index (χ0) is 10.0. The van der Waals surface area contributed by atoms with Crippen LogP contribution in [0.15, 0.2) is 12.1 Å². The van der Waals surface area contributed by atoms with Gasteiger partial charge in [-0.1, -0.05) is 0 Å². The van der Waals surface area contributed by atoms with Gasteiger partial charge in [-0.05, 0) is 6.07 Å². The molecule has 1 aromatic carbocycles. The van der Waals surface area contributed by atoms with E-state index in [1.54, 1.807) is 0 Å². The Kier molecular flexibility index (Phi) is 2.72. The molecule has 0 saturated heterocycles. The number of phenolic OH excluding ortho intramolecular Hbond substituents is 1. The Bertz CT molecular complexity index is 354. The first-order valence-electron chi connectivity index (χ1n) is 3.43. The van der Waals surface area contributed by atoms with E-state index in [0.29, 0.717) is 0 Å². The van der Waals surface area contributed by atoms with E-state index in [1.165, 1.54) is 0 Å². The maximum atomic E-state index is 13.0. The van der Waals surface area contributed by atoms with Crippen LogP contribution in [0.1, 0.15) is 10.4 Å². The Balaban J connectivity index is 3.23. The number of carbonyl (C=O) groups excluding carboxylic acids is 1. The van der Waals surface area contributed by atoms with Gasteiger partial charge >= 0.3 is 0 Å². The maximum absolute atomic E-state index is 13.0. The van der Waals surface area contributed by atoms with Gasteiger partial charge in [0, 0.05) is 6.07 Å². The molecule has 0 spiro atoms. The number of halogens is 2. The summed E-state index contributed by atoms with van der Waals surface area (Å²) in [5, 5.41) is 9.08. The van der Waals surface area contributed by atoms with Crippen molar-refractivity contribution in [1.82, 2.24) is 0 Å². The van der Waals surface area contributed by atoms with Gasteiger partial charge in [0.15, 0.2) is 5.78 Å². The zero-order valence-electron chi connectivity index (χ0n) is 6.55. The predicted molar refractivity (Wildman–Crippen MR) is 47.5 cm³/mol. The van der Waals surface area contributed by atoms with Crippen LogP contribution in [-0.4, -0.2) is 16.8 Å². The molecule has 0 aliphatic carbocycles. The van der Waals surface area contributed by atoms with Gasteiger partial charge in [-0.3, -0.25) is 4.79 Å². The monoisotopic (exact) mass is 203 g/mol. The van der Waals surface area contributed by atoms with E-state index >= 15 is 0 Å². The van der Waals surface area contributed by atoms with E-state index in [9.17, 15) is 9.18 Å². The molecule has 3 nitrogen and oxygen atoms in total. The summed E-state index contributed by atoms with van der Waals surface area (Å²) in [5.74, 6) is -2.02. The molecule has 0 radical (unpaired) electrons. The standard InChI is InChI=1S/C8H7ClFNO2/c9-3-8(13)4-1-7(12)6(11)2-5(4)10/h1-2,12H,3,11H2. The highest BCUT2D eigenvalue weighted by Gasteiger charge is 2.13. The molecule has 0 unspecified atom stereocenters. The lowest BCUT2D eigenvalue weighted by Crippen LogP contribution is -2.04. The number of carbonyl (C=O) groups is 1. The maximum Gasteiger partial charge on any atom is 0.180 e. The normalized spacial score (nSPS) is 10.0. The number of phenols is 1. The lowest BCUT2D eigenvalue weighted by molar-refractivity contribution is 0.101. The van der Waals surface area contributed by atoms with Crippen LogP contribution in [0.5, 0.6) is 5.75 Å². The highest BCUT2D eigenvalue weighted by Crippen LogP contribution is 2.24. The number of rotatable bonds is 2. The molecule has 0 aliphatic rings.